The van der Waals surface area contributed by atoms with Crippen molar-refractivity contribution in [1.82, 2.24) is 9.80 Å². The van der Waals surface area contributed by atoms with Crippen molar-refractivity contribution in [3.05, 3.63) is 0 Å². The fourth-order valence-electron chi connectivity index (χ4n) is 2.74. The van der Waals surface area contributed by atoms with Crippen LogP contribution in [-0.2, 0) is 0 Å². The Hall–Kier alpha value is -1.06. The third kappa shape index (κ3) is 3.97. The first-order chi connectivity index (χ1) is 9.54. The Morgan fingerprint density at radius 1 is 0.750 bits per heavy atom. The van der Waals surface area contributed by atoms with Crippen LogP contribution in [0.1, 0.15) is 79.1 Å². The summed E-state index contributed by atoms with van der Waals surface area (Å²) in [5, 5.41) is 0. The molecule has 0 N–H and O–H groups in total. The fourth-order valence-corrected chi connectivity index (χ4v) is 2.74. The molecule has 0 aromatic rings. The van der Waals surface area contributed by atoms with E-state index in [9.17, 15) is 9.59 Å². The van der Waals surface area contributed by atoms with E-state index in [1.165, 1.54) is 9.80 Å². The van der Waals surface area contributed by atoms with Crippen LogP contribution in [0.5, 0.6) is 0 Å². The Labute approximate surface area is 123 Å². The minimum Gasteiger partial charge on any atom is -0.247 e. The average molecular weight is 282 g/mol. The lowest BCUT2D eigenvalue weighted by atomic mass is 10.1. The van der Waals surface area contributed by atoms with Crippen molar-refractivity contribution in [3.8, 4) is 0 Å². The lowest BCUT2D eigenvalue weighted by molar-refractivity contribution is 0.0728. The summed E-state index contributed by atoms with van der Waals surface area (Å²) in [5.74, 6) is 0. The Bertz CT molecular complexity index is 286. The summed E-state index contributed by atoms with van der Waals surface area (Å²) in [5.41, 5.74) is 0. The first-order valence-corrected chi connectivity index (χ1v) is 8.20. The van der Waals surface area contributed by atoms with Crippen LogP contribution in [0.3, 0.4) is 0 Å². The number of hydrogen-bond acceptors (Lipinski definition) is 2. The lowest BCUT2D eigenvalue weighted by Crippen LogP contribution is -2.68. The van der Waals surface area contributed by atoms with Crippen LogP contribution in [-0.4, -0.2) is 33.9 Å². The van der Waals surface area contributed by atoms with Crippen molar-refractivity contribution in [1.29, 1.82) is 0 Å². The van der Waals surface area contributed by atoms with Gasteiger partial charge in [0.05, 0.1) is 0 Å². The summed E-state index contributed by atoms with van der Waals surface area (Å²) in [6.45, 7) is 8.27. The van der Waals surface area contributed by atoms with E-state index in [4.69, 9.17) is 0 Å². The summed E-state index contributed by atoms with van der Waals surface area (Å²) in [6.07, 6.45) is 8.66. The zero-order chi connectivity index (χ0) is 15.1. The van der Waals surface area contributed by atoms with Crippen LogP contribution >= 0.6 is 0 Å². The second kappa shape index (κ2) is 8.28. The summed E-state index contributed by atoms with van der Waals surface area (Å²) in [4.78, 5) is 27.2. The molecule has 116 valence electrons. The van der Waals surface area contributed by atoms with Crippen molar-refractivity contribution in [2.24, 2.45) is 0 Å². The van der Waals surface area contributed by atoms with Crippen LogP contribution in [0, 0.1) is 0 Å². The maximum Gasteiger partial charge on any atom is 0.336 e. The second-order valence-electron chi connectivity index (χ2n) is 5.99. The van der Waals surface area contributed by atoms with Crippen LogP contribution in [0.2, 0.25) is 0 Å². The highest BCUT2D eigenvalue weighted by Gasteiger charge is 2.47. The minimum atomic E-state index is -0.0944. The molecule has 2 atom stereocenters. The van der Waals surface area contributed by atoms with Crippen molar-refractivity contribution < 1.29 is 9.59 Å². The van der Waals surface area contributed by atoms with E-state index >= 15 is 0 Å². The molecule has 0 saturated carbocycles. The number of carbonyl (C=O) groups is 2. The summed E-state index contributed by atoms with van der Waals surface area (Å²) in [7, 11) is 0. The number of rotatable bonds is 10. The highest BCUT2D eigenvalue weighted by molar-refractivity contribution is 6.12. The van der Waals surface area contributed by atoms with Gasteiger partial charge in [0, 0.05) is 12.1 Å². The zero-order valence-corrected chi connectivity index (χ0v) is 13.5. The number of hydrogen-bond donors (Lipinski definition) is 0. The van der Waals surface area contributed by atoms with Crippen molar-refractivity contribution in [2.45, 2.75) is 91.1 Å². The number of urea groups is 2. The molecule has 4 amide bonds. The number of carbonyl (C=O) groups excluding carboxylic acids is 2. The number of imide groups is 2. The Kier molecular flexibility index (Phi) is 7.03. The van der Waals surface area contributed by atoms with Crippen LogP contribution < -0.4 is 0 Å². The summed E-state index contributed by atoms with van der Waals surface area (Å²) >= 11 is 0. The minimum absolute atomic E-state index is 0.0423. The molecule has 4 heteroatoms. The molecular weight excluding hydrogens is 252 g/mol. The zero-order valence-electron chi connectivity index (χ0n) is 13.5. The predicted molar refractivity (Wildman–Crippen MR) is 81.7 cm³/mol. The Morgan fingerprint density at radius 2 is 1.10 bits per heavy atom. The third-order valence-electron chi connectivity index (χ3n) is 4.16. The van der Waals surface area contributed by atoms with E-state index in [0.29, 0.717) is 0 Å². The average Bonchev–Trinajstić information content (AvgIpc) is 2.39. The maximum atomic E-state index is 12.2. The van der Waals surface area contributed by atoms with Gasteiger partial charge in [0.2, 0.25) is 0 Å². The molecule has 1 aliphatic rings. The van der Waals surface area contributed by atoms with Crippen LogP contribution in [0.15, 0.2) is 0 Å². The molecular formula is C16H30N2O2. The molecule has 0 radical (unpaired) electrons. The van der Waals surface area contributed by atoms with E-state index < -0.39 is 0 Å². The molecule has 0 aromatic carbocycles. The van der Waals surface area contributed by atoms with Crippen molar-refractivity contribution in [2.75, 3.05) is 0 Å². The topological polar surface area (TPSA) is 40.6 Å². The van der Waals surface area contributed by atoms with Gasteiger partial charge in [-0.1, -0.05) is 52.4 Å². The largest absolute Gasteiger partial charge is 0.336 e. The first kappa shape index (κ1) is 17.0. The van der Waals surface area contributed by atoms with Gasteiger partial charge in [-0.2, -0.15) is 0 Å². The Morgan fingerprint density at radius 3 is 1.40 bits per heavy atom. The number of nitrogens with zero attached hydrogens (tertiary/aromatic N) is 2. The van der Waals surface area contributed by atoms with E-state index in [1.54, 1.807) is 0 Å². The smallest absolute Gasteiger partial charge is 0.247 e. The van der Waals surface area contributed by atoms with Crippen LogP contribution in [0.4, 0.5) is 9.59 Å². The van der Waals surface area contributed by atoms with Crippen molar-refractivity contribution >= 4 is 12.1 Å². The van der Waals surface area contributed by atoms with E-state index in [1.807, 2.05) is 13.8 Å². The first-order valence-electron chi connectivity index (χ1n) is 8.20. The molecule has 1 saturated heterocycles. The standard InChI is InChI=1S/C16H30N2O2/c1-5-7-9-11-13(3)17-15(19)18(16(17)20)14(4)12-10-8-6-2/h13-14H,5-12H2,1-4H3. The van der Waals surface area contributed by atoms with E-state index in [2.05, 4.69) is 13.8 Å². The molecule has 0 bridgehead atoms. The van der Waals surface area contributed by atoms with Gasteiger partial charge in [-0.05, 0) is 26.7 Å². The van der Waals surface area contributed by atoms with Crippen LogP contribution in [0.25, 0.3) is 0 Å². The fraction of sp³-hybridized carbons (Fsp3) is 0.875. The van der Waals surface area contributed by atoms with Gasteiger partial charge in [-0.3, -0.25) is 0 Å². The molecule has 0 aromatic heterocycles. The quantitative estimate of drug-likeness (QED) is 0.541. The van der Waals surface area contributed by atoms with Gasteiger partial charge in [0.1, 0.15) is 0 Å². The molecule has 0 spiro atoms. The molecule has 4 nitrogen and oxygen atoms in total. The van der Waals surface area contributed by atoms with Gasteiger partial charge < -0.3 is 0 Å². The molecule has 0 aliphatic carbocycles. The molecule has 1 aliphatic heterocycles. The highest BCUT2D eigenvalue weighted by Crippen LogP contribution is 2.26. The van der Waals surface area contributed by atoms with E-state index in [-0.39, 0.29) is 24.1 Å². The van der Waals surface area contributed by atoms with Gasteiger partial charge >= 0.3 is 12.1 Å². The van der Waals surface area contributed by atoms with Gasteiger partial charge in [-0.15, -0.1) is 0 Å². The molecule has 2 unspecified atom stereocenters. The summed E-state index contributed by atoms with van der Waals surface area (Å²) in [6, 6.07) is -0.104. The van der Waals surface area contributed by atoms with E-state index in [0.717, 1.165) is 51.4 Å². The third-order valence-corrected chi connectivity index (χ3v) is 4.16. The second-order valence-corrected chi connectivity index (χ2v) is 5.99. The van der Waals surface area contributed by atoms with Gasteiger partial charge in [0.15, 0.2) is 0 Å². The SMILES string of the molecule is CCCCCC(C)N1C(=O)N(C(C)CCCCC)C1=O. The normalized spacial score (nSPS) is 18.2. The number of unbranched alkanes of at least 4 members (excludes halogenated alkanes) is 4. The summed E-state index contributed by atoms with van der Waals surface area (Å²) < 4.78 is 0. The maximum absolute atomic E-state index is 12.2. The number of amides is 4. The molecule has 1 fully saturated rings. The monoisotopic (exact) mass is 282 g/mol. The lowest BCUT2D eigenvalue weighted by Gasteiger charge is -2.45. The predicted octanol–water partition coefficient (Wildman–Crippen LogP) is 4.78. The van der Waals surface area contributed by atoms with Gasteiger partial charge in [0.25, 0.3) is 0 Å². The molecule has 20 heavy (non-hydrogen) atoms. The Balaban J connectivity index is 2.41. The van der Waals surface area contributed by atoms with Crippen molar-refractivity contribution in [3.63, 3.8) is 0 Å². The van der Waals surface area contributed by atoms with Gasteiger partial charge in [-0.25, -0.2) is 19.4 Å². The highest BCUT2D eigenvalue weighted by atomic mass is 16.2. The molecule has 1 heterocycles. The molecule has 1 rings (SSSR count).